The van der Waals surface area contributed by atoms with Gasteiger partial charge in [-0.2, -0.15) is 0 Å². The Morgan fingerprint density at radius 3 is 2.50 bits per heavy atom. The molecule has 0 spiro atoms. The number of carbonyl (C=O) groups is 2. The molecule has 1 N–H and O–H groups in total. The SMILES string of the molecule is CCN(CC)CCCN1C(=O)C(=O)C(=C(O)c2c(C)nc3ccccn23)[C@@H]1c1ccc(F)cc1. The molecule has 8 heteroatoms. The maximum absolute atomic E-state index is 13.7. The number of likely N-dealkylation sites (tertiary alicyclic amines) is 1. The molecule has 3 aromatic rings. The molecule has 1 saturated heterocycles. The topological polar surface area (TPSA) is 78.2 Å². The Morgan fingerprint density at radius 1 is 1.12 bits per heavy atom. The van der Waals surface area contributed by atoms with E-state index in [2.05, 4.69) is 23.7 Å². The number of Topliss-reactive ketones (excluding diaryl/α,β-unsaturated/α-hetero) is 1. The van der Waals surface area contributed by atoms with E-state index in [1.165, 1.54) is 17.0 Å². The number of aliphatic hydroxyl groups is 1. The first-order chi connectivity index (χ1) is 16.4. The number of nitrogens with zero attached hydrogens (tertiary/aromatic N) is 4. The van der Waals surface area contributed by atoms with E-state index >= 15 is 0 Å². The number of imidazole rings is 1. The summed E-state index contributed by atoms with van der Waals surface area (Å²) in [5, 5.41) is 11.4. The molecule has 0 saturated carbocycles. The molecule has 34 heavy (non-hydrogen) atoms. The molecule has 0 bridgehead atoms. The fourth-order valence-electron chi connectivity index (χ4n) is 4.63. The fraction of sp³-hybridized carbons (Fsp3) is 0.346. The Balaban J connectivity index is 1.81. The van der Waals surface area contributed by atoms with Gasteiger partial charge in [0.2, 0.25) is 0 Å². The first-order valence-electron chi connectivity index (χ1n) is 11.6. The zero-order valence-corrected chi connectivity index (χ0v) is 19.7. The average molecular weight is 465 g/mol. The second kappa shape index (κ2) is 9.77. The number of hydrogen-bond donors (Lipinski definition) is 1. The first-order valence-corrected chi connectivity index (χ1v) is 11.6. The quantitative estimate of drug-likeness (QED) is 0.310. The number of aromatic nitrogens is 2. The Hall–Kier alpha value is -3.52. The monoisotopic (exact) mass is 464 g/mol. The summed E-state index contributed by atoms with van der Waals surface area (Å²) in [5.74, 6) is -2.11. The van der Waals surface area contributed by atoms with Crippen molar-refractivity contribution in [3.05, 3.63) is 77.0 Å². The van der Waals surface area contributed by atoms with Crippen LogP contribution in [0.3, 0.4) is 0 Å². The van der Waals surface area contributed by atoms with Gasteiger partial charge in [-0.1, -0.05) is 32.0 Å². The van der Waals surface area contributed by atoms with Crippen molar-refractivity contribution in [3.8, 4) is 0 Å². The van der Waals surface area contributed by atoms with Gasteiger partial charge >= 0.3 is 0 Å². The zero-order valence-electron chi connectivity index (χ0n) is 19.7. The van der Waals surface area contributed by atoms with Crippen LogP contribution in [-0.2, 0) is 9.59 Å². The van der Waals surface area contributed by atoms with Gasteiger partial charge in [0.05, 0.1) is 17.3 Å². The molecule has 178 valence electrons. The second-order valence-electron chi connectivity index (χ2n) is 8.40. The van der Waals surface area contributed by atoms with Crippen molar-refractivity contribution in [2.45, 2.75) is 33.2 Å². The number of fused-ring (bicyclic) bond motifs is 1. The average Bonchev–Trinajstić information content (AvgIpc) is 3.30. The van der Waals surface area contributed by atoms with Gasteiger partial charge in [-0.25, -0.2) is 9.37 Å². The Bertz CT molecular complexity index is 1240. The van der Waals surface area contributed by atoms with Crippen LogP contribution >= 0.6 is 0 Å². The van der Waals surface area contributed by atoms with Crippen LogP contribution < -0.4 is 0 Å². The predicted molar refractivity (Wildman–Crippen MR) is 128 cm³/mol. The number of carbonyl (C=O) groups excluding carboxylic acids is 2. The van der Waals surface area contributed by atoms with Gasteiger partial charge in [-0.3, -0.25) is 14.0 Å². The molecule has 1 aliphatic rings. The standard InChI is InChI=1S/C26H29FN4O3/c1-4-29(5-2)14-8-16-31-23(18-10-12-19(27)13-11-18)21(25(33)26(31)34)24(32)22-17(3)28-20-9-6-7-15-30(20)22/h6-7,9-13,15,23,32H,4-5,8,14,16H2,1-3H3/t23-/m0/s1. The number of amides is 1. The van der Waals surface area contributed by atoms with Crippen LogP contribution in [0.1, 0.15) is 43.3 Å². The smallest absolute Gasteiger partial charge is 0.295 e. The molecule has 0 unspecified atom stereocenters. The van der Waals surface area contributed by atoms with E-state index < -0.39 is 23.5 Å². The minimum absolute atomic E-state index is 0.00630. The van der Waals surface area contributed by atoms with Gasteiger partial charge < -0.3 is 14.9 Å². The molecule has 7 nitrogen and oxygen atoms in total. The first kappa shape index (κ1) is 23.6. The number of halogens is 1. The molecule has 1 aliphatic heterocycles. The summed E-state index contributed by atoms with van der Waals surface area (Å²) >= 11 is 0. The van der Waals surface area contributed by atoms with Crippen molar-refractivity contribution in [2.75, 3.05) is 26.2 Å². The van der Waals surface area contributed by atoms with Crippen molar-refractivity contribution >= 4 is 23.1 Å². The highest BCUT2D eigenvalue weighted by Gasteiger charge is 2.46. The highest BCUT2D eigenvalue weighted by molar-refractivity contribution is 6.46. The highest BCUT2D eigenvalue weighted by Crippen LogP contribution is 2.40. The summed E-state index contributed by atoms with van der Waals surface area (Å²) in [6, 6.07) is 10.3. The lowest BCUT2D eigenvalue weighted by Gasteiger charge is -2.26. The number of ketones is 1. The van der Waals surface area contributed by atoms with E-state index in [0.717, 1.165) is 19.6 Å². The molecule has 0 radical (unpaired) electrons. The number of pyridine rings is 1. The van der Waals surface area contributed by atoms with E-state index in [1.807, 2.05) is 6.07 Å². The van der Waals surface area contributed by atoms with Crippen molar-refractivity contribution in [1.29, 1.82) is 0 Å². The minimum atomic E-state index is -0.814. The molecule has 1 fully saturated rings. The van der Waals surface area contributed by atoms with Crippen LogP contribution in [0.15, 0.2) is 54.2 Å². The lowest BCUT2D eigenvalue weighted by molar-refractivity contribution is -0.140. The van der Waals surface area contributed by atoms with E-state index in [4.69, 9.17) is 0 Å². The normalized spacial score (nSPS) is 17.9. The van der Waals surface area contributed by atoms with Gasteiger partial charge in [0, 0.05) is 12.7 Å². The highest BCUT2D eigenvalue weighted by atomic mass is 19.1. The van der Waals surface area contributed by atoms with E-state index in [0.29, 0.717) is 35.6 Å². The predicted octanol–water partition coefficient (Wildman–Crippen LogP) is 3.94. The van der Waals surface area contributed by atoms with Gasteiger partial charge in [-0.05, 0) is 62.8 Å². The zero-order chi connectivity index (χ0) is 24.4. The summed E-state index contributed by atoms with van der Waals surface area (Å²) in [6.07, 6.45) is 2.42. The molecule has 1 amide bonds. The van der Waals surface area contributed by atoms with Gasteiger partial charge in [-0.15, -0.1) is 0 Å². The summed E-state index contributed by atoms with van der Waals surface area (Å²) in [4.78, 5) is 34.6. The molecule has 1 atom stereocenters. The molecule has 2 aromatic heterocycles. The summed E-state index contributed by atoms with van der Waals surface area (Å²) in [5.41, 5.74) is 2.08. The molecular formula is C26H29FN4O3. The van der Waals surface area contributed by atoms with Gasteiger partial charge in [0.15, 0.2) is 5.76 Å². The minimum Gasteiger partial charge on any atom is -0.505 e. The van der Waals surface area contributed by atoms with Crippen molar-refractivity contribution in [1.82, 2.24) is 19.2 Å². The number of rotatable bonds is 8. The third-order valence-electron chi connectivity index (χ3n) is 6.42. The maximum Gasteiger partial charge on any atom is 0.295 e. The van der Waals surface area contributed by atoms with Gasteiger partial charge in [0.25, 0.3) is 11.7 Å². The number of aryl methyl sites for hydroxylation is 1. The van der Waals surface area contributed by atoms with Crippen molar-refractivity contribution in [2.24, 2.45) is 0 Å². The third kappa shape index (κ3) is 4.21. The molecule has 0 aliphatic carbocycles. The summed E-state index contributed by atoms with van der Waals surface area (Å²) in [7, 11) is 0. The van der Waals surface area contributed by atoms with Crippen LogP contribution in [0.5, 0.6) is 0 Å². The van der Waals surface area contributed by atoms with E-state index in [1.54, 1.807) is 41.8 Å². The van der Waals surface area contributed by atoms with E-state index in [9.17, 15) is 19.1 Å². The number of aliphatic hydroxyl groups excluding tert-OH is 1. The maximum atomic E-state index is 13.7. The fourth-order valence-corrected chi connectivity index (χ4v) is 4.63. The van der Waals surface area contributed by atoms with Crippen LogP contribution in [0, 0.1) is 12.7 Å². The lowest BCUT2D eigenvalue weighted by atomic mass is 9.96. The number of hydrogen-bond acceptors (Lipinski definition) is 5. The number of benzene rings is 1. The van der Waals surface area contributed by atoms with E-state index in [-0.39, 0.29) is 11.3 Å². The lowest BCUT2D eigenvalue weighted by Crippen LogP contribution is -2.33. The van der Waals surface area contributed by atoms with Crippen LogP contribution in [0.25, 0.3) is 11.4 Å². The Labute approximate surface area is 198 Å². The molecule has 1 aromatic carbocycles. The van der Waals surface area contributed by atoms with Crippen LogP contribution in [0.2, 0.25) is 0 Å². The summed E-state index contributed by atoms with van der Waals surface area (Å²) in [6.45, 7) is 8.80. The van der Waals surface area contributed by atoms with Crippen molar-refractivity contribution < 1.29 is 19.1 Å². The third-order valence-corrected chi connectivity index (χ3v) is 6.42. The largest absolute Gasteiger partial charge is 0.505 e. The summed E-state index contributed by atoms with van der Waals surface area (Å²) < 4.78 is 15.4. The molecule has 4 rings (SSSR count). The second-order valence-corrected chi connectivity index (χ2v) is 8.40. The van der Waals surface area contributed by atoms with Crippen LogP contribution in [-0.4, -0.2) is 62.2 Å². The van der Waals surface area contributed by atoms with Gasteiger partial charge in [0.1, 0.15) is 17.2 Å². The Morgan fingerprint density at radius 2 is 1.82 bits per heavy atom. The molecule has 3 heterocycles. The van der Waals surface area contributed by atoms with Crippen LogP contribution in [0.4, 0.5) is 4.39 Å². The molecular weight excluding hydrogens is 435 g/mol. The Kier molecular flexibility index (Phi) is 6.79. The van der Waals surface area contributed by atoms with Crippen molar-refractivity contribution in [3.63, 3.8) is 0 Å².